The van der Waals surface area contributed by atoms with E-state index in [4.69, 9.17) is 14.4 Å². The molecule has 53 heavy (non-hydrogen) atoms. The van der Waals surface area contributed by atoms with Crippen LogP contribution in [0.25, 0.3) is 105 Å². The standard InChI is InChI=1S/C48H30N4O/c1-2-13-30(14-3-1)44-37-18-6-9-19-39(37)49-48(50-44)52-40-20-10-7-16-33(40)35-24-25-38-43-41(27-26-36-34-17-8-11-21-42(34)53-47(36)43)51(46(38)45(35)52)32-23-22-29-12-4-5-15-31(29)28-32/h1-10,12-20,22-28H,11,21H2. The number of aryl methyl sites for hydroxylation is 1. The van der Waals surface area contributed by atoms with Crippen molar-refractivity contribution in [2.24, 2.45) is 0 Å². The summed E-state index contributed by atoms with van der Waals surface area (Å²) in [6.45, 7) is 0. The highest BCUT2D eigenvalue weighted by atomic mass is 16.3. The van der Waals surface area contributed by atoms with E-state index in [1.165, 1.54) is 16.3 Å². The number of hydrogen-bond acceptors (Lipinski definition) is 3. The Balaban J connectivity index is 1.29. The Morgan fingerprint density at radius 1 is 0.547 bits per heavy atom. The van der Waals surface area contributed by atoms with Crippen molar-refractivity contribution in [2.75, 3.05) is 0 Å². The second-order valence-electron chi connectivity index (χ2n) is 14.0. The van der Waals surface area contributed by atoms with Gasteiger partial charge in [-0.2, -0.15) is 0 Å². The molecule has 0 saturated heterocycles. The summed E-state index contributed by atoms with van der Waals surface area (Å²) in [5.74, 6) is 1.70. The van der Waals surface area contributed by atoms with Crippen LogP contribution in [-0.4, -0.2) is 19.1 Å². The average Bonchev–Trinajstić information content (AvgIpc) is 3.88. The summed E-state index contributed by atoms with van der Waals surface area (Å²) in [5, 5.41) is 9.14. The third-order valence-electron chi connectivity index (χ3n) is 11.1. The molecule has 0 unspecified atom stereocenters. The molecule has 12 rings (SSSR count). The van der Waals surface area contributed by atoms with Gasteiger partial charge < -0.3 is 8.98 Å². The van der Waals surface area contributed by atoms with Gasteiger partial charge in [0.25, 0.3) is 0 Å². The lowest BCUT2D eigenvalue weighted by Crippen LogP contribution is -2.04. The fourth-order valence-electron chi connectivity index (χ4n) is 8.81. The number of para-hydroxylation sites is 2. The fraction of sp³-hybridized carbons (Fsp3) is 0.0417. The van der Waals surface area contributed by atoms with Crippen LogP contribution in [0, 0.1) is 0 Å². The Labute approximate surface area is 303 Å². The SMILES string of the molecule is C1=Cc2c(oc3c2ccc2c3c3ccc4c5ccccc5n(-c5nc(-c6ccccc6)c6ccccc6n5)c4c3n2-c2ccc3ccccc3c2)CC1. The lowest BCUT2D eigenvalue weighted by atomic mass is 10.0. The van der Waals surface area contributed by atoms with Crippen LogP contribution < -0.4 is 0 Å². The van der Waals surface area contributed by atoms with Gasteiger partial charge in [0, 0.05) is 50.2 Å². The summed E-state index contributed by atoms with van der Waals surface area (Å²) in [5.41, 5.74) is 10.4. The highest BCUT2D eigenvalue weighted by molar-refractivity contribution is 6.28. The van der Waals surface area contributed by atoms with E-state index < -0.39 is 0 Å². The third kappa shape index (κ3) is 4.02. The first-order valence-corrected chi connectivity index (χ1v) is 18.2. The van der Waals surface area contributed by atoms with Gasteiger partial charge in [0.1, 0.15) is 11.3 Å². The van der Waals surface area contributed by atoms with E-state index in [2.05, 4.69) is 161 Å². The molecule has 1 aliphatic carbocycles. The van der Waals surface area contributed by atoms with Gasteiger partial charge in [0.05, 0.1) is 38.7 Å². The minimum Gasteiger partial charge on any atom is -0.460 e. The van der Waals surface area contributed by atoms with Crippen LogP contribution in [0.1, 0.15) is 17.7 Å². The summed E-state index contributed by atoms with van der Waals surface area (Å²) in [6, 6.07) is 51.9. The molecule has 7 aromatic carbocycles. The zero-order chi connectivity index (χ0) is 34.6. The molecule has 0 aliphatic heterocycles. The van der Waals surface area contributed by atoms with Crippen molar-refractivity contribution in [1.82, 2.24) is 19.1 Å². The topological polar surface area (TPSA) is 48.8 Å². The molecule has 0 bridgehead atoms. The molecule has 0 atom stereocenters. The molecule has 5 nitrogen and oxygen atoms in total. The van der Waals surface area contributed by atoms with E-state index in [9.17, 15) is 0 Å². The Morgan fingerprint density at radius 2 is 1.30 bits per heavy atom. The van der Waals surface area contributed by atoms with Gasteiger partial charge >= 0.3 is 0 Å². The molecule has 0 radical (unpaired) electrons. The second-order valence-corrected chi connectivity index (χ2v) is 14.0. The number of nitrogens with zero attached hydrogens (tertiary/aromatic N) is 4. The number of hydrogen-bond donors (Lipinski definition) is 0. The monoisotopic (exact) mass is 678 g/mol. The maximum atomic E-state index is 6.83. The normalized spacial score (nSPS) is 13.1. The number of rotatable bonds is 3. The van der Waals surface area contributed by atoms with Gasteiger partial charge in [-0.05, 0) is 53.6 Å². The van der Waals surface area contributed by atoms with Crippen molar-refractivity contribution in [3.63, 3.8) is 0 Å². The van der Waals surface area contributed by atoms with Crippen LogP contribution in [0.3, 0.4) is 0 Å². The molecule has 0 spiro atoms. The number of allylic oxidation sites excluding steroid dienone is 1. The highest BCUT2D eigenvalue weighted by Gasteiger charge is 2.26. The van der Waals surface area contributed by atoms with Crippen LogP contribution >= 0.6 is 0 Å². The summed E-state index contributed by atoms with van der Waals surface area (Å²) >= 11 is 0. The molecule has 0 N–H and O–H groups in total. The quantitative estimate of drug-likeness (QED) is 0.187. The molecule has 1 aliphatic rings. The van der Waals surface area contributed by atoms with Crippen LogP contribution in [0.5, 0.6) is 0 Å². The average molecular weight is 679 g/mol. The maximum absolute atomic E-state index is 6.83. The molecule has 0 saturated carbocycles. The maximum Gasteiger partial charge on any atom is 0.235 e. The lowest BCUT2D eigenvalue weighted by molar-refractivity contribution is 0.549. The summed E-state index contributed by atoms with van der Waals surface area (Å²) in [6.07, 6.45) is 6.39. The second kappa shape index (κ2) is 10.8. The number of benzene rings is 7. The number of aromatic nitrogens is 4. The van der Waals surface area contributed by atoms with Crippen molar-refractivity contribution in [2.45, 2.75) is 12.8 Å². The predicted molar refractivity (Wildman–Crippen MR) is 218 cm³/mol. The first-order chi connectivity index (χ1) is 26.3. The van der Waals surface area contributed by atoms with E-state index in [1.807, 2.05) is 6.07 Å². The van der Waals surface area contributed by atoms with Gasteiger partial charge in [-0.15, -0.1) is 0 Å². The minimum atomic E-state index is 0.639. The summed E-state index contributed by atoms with van der Waals surface area (Å²) in [4.78, 5) is 10.7. The van der Waals surface area contributed by atoms with Crippen LogP contribution in [-0.2, 0) is 6.42 Å². The first-order valence-electron chi connectivity index (χ1n) is 18.2. The molecule has 11 aromatic rings. The molecule has 0 fully saturated rings. The molecular weight excluding hydrogens is 649 g/mol. The van der Waals surface area contributed by atoms with Crippen molar-refractivity contribution >= 4 is 82.3 Å². The van der Waals surface area contributed by atoms with Crippen LogP contribution in [0.2, 0.25) is 0 Å². The van der Waals surface area contributed by atoms with Crippen LogP contribution in [0.4, 0.5) is 0 Å². The van der Waals surface area contributed by atoms with Gasteiger partial charge in [-0.1, -0.05) is 121 Å². The molecule has 248 valence electrons. The Bertz CT molecular complexity index is 3340. The molecule has 4 heterocycles. The summed E-state index contributed by atoms with van der Waals surface area (Å²) in [7, 11) is 0. The third-order valence-corrected chi connectivity index (χ3v) is 11.1. The smallest absolute Gasteiger partial charge is 0.235 e. The Kier molecular flexibility index (Phi) is 5.83. The van der Waals surface area contributed by atoms with E-state index in [1.54, 1.807) is 0 Å². The summed E-state index contributed by atoms with van der Waals surface area (Å²) < 4.78 is 11.6. The molecule has 5 heteroatoms. The minimum absolute atomic E-state index is 0.639. The number of fused-ring (bicyclic) bond motifs is 13. The molecule has 0 amide bonds. The van der Waals surface area contributed by atoms with E-state index in [0.717, 1.165) is 101 Å². The zero-order valence-corrected chi connectivity index (χ0v) is 28.6. The molecular formula is C48H30N4O. The predicted octanol–water partition coefficient (Wildman–Crippen LogP) is 12.3. The van der Waals surface area contributed by atoms with E-state index in [0.29, 0.717) is 5.95 Å². The van der Waals surface area contributed by atoms with Gasteiger partial charge in [0.2, 0.25) is 5.95 Å². The van der Waals surface area contributed by atoms with E-state index in [-0.39, 0.29) is 0 Å². The highest BCUT2D eigenvalue weighted by Crippen LogP contribution is 2.45. The van der Waals surface area contributed by atoms with Crippen molar-refractivity contribution in [3.8, 4) is 22.9 Å². The molecule has 4 aromatic heterocycles. The van der Waals surface area contributed by atoms with E-state index >= 15 is 0 Å². The Hall–Kier alpha value is -6.98. The number of furan rings is 1. The van der Waals surface area contributed by atoms with Crippen molar-refractivity contribution < 1.29 is 4.42 Å². The first kappa shape index (κ1) is 28.7. The van der Waals surface area contributed by atoms with Gasteiger partial charge in [-0.3, -0.25) is 4.57 Å². The lowest BCUT2D eigenvalue weighted by Gasteiger charge is -2.14. The van der Waals surface area contributed by atoms with Gasteiger partial charge in [0.15, 0.2) is 0 Å². The zero-order valence-electron chi connectivity index (χ0n) is 28.6. The van der Waals surface area contributed by atoms with Gasteiger partial charge in [-0.25, -0.2) is 9.97 Å². The Morgan fingerprint density at radius 3 is 2.23 bits per heavy atom. The van der Waals surface area contributed by atoms with Crippen molar-refractivity contribution in [1.29, 1.82) is 0 Å². The fourth-order valence-corrected chi connectivity index (χ4v) is 8.81. The largest absolute Gasteiger partial charge is 0.460 e. The van der Waals surface area contributed by atoms with Crippen LogP contribution in [0.15, 0.2) is 156 Å². The van der Waals surface area contributed by atoms with Crippen molar-refractivity contribution in [3.05, 3.63) is 163 Å².